The molecule has 0 bridgehead atoms. The van der Waals surface area contributed by atoms with Crippen molar-refractivity contribution in [2.45, 2.75) is 71.9 Å². The fourth-order valence-electron chi connectivity index (χ4n) is 5.13. The Kier molecular flexibility index (Phi) is 8.32. The van der Waals surface area contributed by atoms with Gasteiger partial charge in [0.2, 0.25) is 0 Å². The Morgan fingerprint density at radius 3 is 2.53 bits per heavy atom. The number of benzene rings is 2. The molecule has 1 aliphatic rings. The second kappa shape index (κ2) is 11.6. The van der Waals surface area contributed by atoms with Crippen LogP contribution in [0.25, 0.3) is 10.9 Å². The lowest BCUT2D eigenvalue weighted by molar-refractivity contribution is -0.137. The quantitative estimate of drug-likeness (QED) is 0.332. The molecule has 1 fully saturated rings. The molecule has 2 heterocycles. The topological polar surface area (TPSA) is 78.5 Å². The van der Waals surface area contributed by atoms with Crippen LogP contribution in [0.3, 0.4) is 0 Å². The number of likely N-dealkylation sites (tertiary alicyclic amines) is 1. The van der Waals surface area contributed by atoms with Crippen LogP contribution < -0.4 is 4.74 Å². The van der Waals surface area contributed by atoms with Crippen molar-refractivity contribution in [2.24, 2.45) is 5.92 Å². The summed E-state index contributed by atoms with van der Waals surface area (Å²) in [6, 6.07) is 12.1. The number of hydrogen-bond donors (Lipinski definition) is 2. The van der Waals surface area contributed by atoms with Gasteiger partial charge >= 0.3 is 5.97 Å². The van der Waals surface area contributed by atoms with E-state index in [0.29, 0.717) is 5.92 Å². The van der Waals surface area contributed by atoms with E-state index in [1.54, 1.807) is 6.92 Å². The summed E-state index contributed by atoms with van der Waals surface area (Å²) in [5, 5.41) is 18.4. The van der Waals surface area contributed by atoms with Gasteiger partial charge in [-0.1, -0.05) is 44.0 Å². The first-order chi connectivity index (χ1) is 17.4. The number of nitrogens with one attached hydrogen (secondary N) is 1. The van der Waals surface area contributed by atoms with Gasteiger partial charge in [0.05, 0.1) is 23.5 Å². The van der Waals surface area contributed by atoms with E-state index in [1.807, 2.05) is 24.3 Å². The van der Waals surface area contributed by atoms with Gasteiger partial charge < -0.3 is 9.84 Å². The zero-order valence-electron chi connectivity index (χ0n) is 21.8. The van der Waals surface area contributed by atoms with Crippen LogP contribution in [0.1, 0.15) is 80.9 Å². The normalized spacial score (nSPS) is 15.6. The lowest BCUT2D eigenvalue weighted by atomic mass is 9.94. The standard InChI is InChI=1S/C30H37N3O3/c1-5-8-23(18-29(34)35)22-9-11-24(12-10-22)36-28(17-20(2)3)25-13-14-26-27(19-33-15-6-7-16-33)31-32-30(26)21(25)4/h9-14,20,23,28H,6-7,15-19H2,1-4H3,(H,31,32)(H,34,35). The van der Waals surface area contributed by atoms with Gasteiger partial charge in [-0.15, -0.1) is 5.92 Å². The molecule has 6 heteroatoms. The van der Waals surface area contributed by atoms with Crippen LogP contribution in [0.2, 0.25) is 0 Å². The summed E-state index contributed by atoms with van der Waals surface area (Å²) in [6.45, 7) is 11.5. The smallest absolute Gasteiger partial charge is 0.304 e. The van der Waals surface area contributed by atoms with Crippen LogP contribution in [-0.2, 0) is 11.3 Å². The number of carboxylic acid groups (broad SMARTS) is 1. The molecule has 0 spiro atoms. The third-order valence-electron chi connectivity index (χ3n) is 6.98. The minimum atomic E-state index is -0.853. The van der Waals surface area contributed by atoms with Gasteiger partial charge in [0.15, 0.2) is 0 Å². The van der Waals surface area contributed by atoms with Crippen molar-refractivity contribution in [3.05, 3.63) is 58.8 Å². The van der Waals surface area contributed by atoms with E-state index in [1.165, 1.54) is 23.8 Å². The third kappa shape index (κ3) is 6.09. The largest absolute Gasteiger partial charge is 0.486 e. The first-order valence-corrected chi connectivity index (χ1v) is 12.9. The van der Waals surface area contributed by atoms with Gasteiger partial charge in [-0.2, -0.15) is 5.10 Å². The molecule has 1 aliphatic heterocycles. The lowest BCUT2D eigenvalue weighted by Crippen LogP contribution is -2.18. The molecule has 0 amide bonds. The highest BCUT2D eigenvalue weighted by Crippen LogP contribution is 2.34. The summed E-state index contributed by atoms with van der Waals surface area (Å²) >= 11 is 0. The Bertz CT molecular complexity index is 1240. The molecule has 1 saturated heterocycles. The number of aliphatic carboxylic acids is 1. The van der Waals surface area contributed by atoms with Crippen LogP contribution in [0.5, 0.6) is 5.75 Å². The SMILES string of the molecule is CC#CC(CC(=O)O)c1ccc(OC(CC(C)C)c2ccc3c(CN4CCCC4)n[nH]c3c2C)cc1. The van der Waals surface area contributed by atoms with Crippen LogP contribution in [0.15, 0.2) is 36.4 Å². The Balaban J connectivity index is 1.57. The molecule has 0 radical (unpaired) electrons. The number of aromatic nitrogens is 2. The number of nitrogens with zero attached hydrogens (tertiary/aromatic N) is 2. The predicted molar refractivity (Wildman–Crippen MR) is 143 cm³/mol. The molecule has 36 heavy (non-hydrogen) atoms. The Hall–Kier alpha value is -3.30. The fourth-order valence-corrected chi connectivity index (χ4v) is 5.13. The van der Waals surface area contributed by atoms with Crippen LogP contribution >= 0.6 is 0 Å². The molecule has 6 nitrogen and oxygen atoms in total. The lowest BCUT2D eigenvalue weighted by Gasteiger charge is -2.24. The number of carbonyl (C=O) groups is 1. The number of hydrogen-bond acceptors (Lipinski definition) is 4. The average Bonchev–Trinajstić information content (AvgIpc) is 3.50. The third-order valence-corrected chi connectivity index (χ3v) is 6.98. The van der Waals surface area contributed by atoms with Gasteiger partial charge in [-0.3, -0.25) is 14.8 Å². The fraction of sp³-hybridized carbons (Fsp3) is 0.467. The van der Waals surface area contributed by atoms with Gasteiger partial charge in [-0.25, -0.2) is 0 Å². The molecule has 0 aliphatic carbocycles. The van der Waals surface area contributed by atoms with Crippen molar-refractivity contribution in [2.75, 3.05) is 13.1 Å². The van der Waals surface area contributed by atoms with Gasteiger partial charge in [-0.05, 0) is 80.9 Å². The number of ether oxygens (including phenoxy) is 1. The number of rotatable bonds is 10. The maximum Gasteiger partial charge on any atom is 0.304 e. The molecule has 2 unspecified atom stereocenters. The zero-order chi connectivity index (χ0) is 25.7. The molecule has 4 rings (SSSR count). The van der Waals surface area contributed by atoms with E-state index >= 15 is 0 Å². The maximum atomic E-state index is 11.2. The Morgan fingerprint density at radius 2 is 1.89 bits per heavy atom. The van der Waals surface area contributed by atoms with E-state index in [-0.39, 0.29) is 18.4 Å². The molecule has 1 aromatic heterocycles. The molecule has 2 N–H and O–H groups in total. The van der Waals surface area contributed by atoms with E-state index in [4.69, 9.17) is 4.74 Å². The van der Waals surface area contributed by atoms with E-state index in [2.05, 4.69) is 59.8 Å². The number of H-pyrrole nitrogens is 1. The summed E-state index contributed by atoms with van der Waals surface area (Å²) in [6.07, 6.45) is 3.31. The highest BCUT2D eigenvalue weighted by Gasteiger charge is 2.22. The Morgan fingerprint density at radius 1 is 1.17 bits per heavy atom. The molecule has 2 aromatic carbocycles. The van der Waals surface area contributed by atoms with Crippen molar-refractivity contribution >= 4 is 16.9 Å². The van der Waals surface area contributed by atoms with Gasteiger partial charge in [0, 0.05) is 11.9 Å². The Labute approximate surface area is 214 Å². The first kappa shape index (κ1) is 25.8. The molecule has 0 saturated carbocycles. The molecule has 2 atom stereocenters. The number of aryl methyl sites for hydroxylation is 1. The zero-order valence-corrected chi connectivity index (χ0v) is 21.8. The highest BCUT2D eigenvalue weighted by atomic mass is 16.5. The van der Waals surface area contributed by atoms with Crippen molar-refractivity contribution in [3.63, 3.8) is 0 Å². The summed E-state index contributed by atoms with van der Waals surface area (Å²) in [5.41, 5.74) is 5.43. The van der Waals surface area contributed by atoms with E-state index < -0.39 is 5.97 Å². The molecule has 3 aromatic rings. The second-order valence-electron chi connectivity index (χ2n) is 10.2. The summed E-state index contributed by atoms with van der Waals surface area (Å²) < 4.78 is 6.54. The molecule has 190 valence electrons. The number of aromatic amines is 1. The van der Waals surface area contributed by atoms with E-state index in [9.17, 15) is 9.90 Å². The maximum absolute atomic E-state index is 11.2. The van der Waals surface area contributed by atoms with E-state index in [0.717, 1.165) is 54.1 Å². The second-order valence-corrected chi connectivity index (χ2v) is 10.2. The predicted octanol–water partition coefficient (Wildman–Crippen LogP) is 6.21. The van der Waals surface area contributed by atoms with Gasteiger partial charge in [0.25, 0.3) is 0 Å². The summed E-state index contributed by atoms with van der Waals surface area (Å²) in [7, 11) is 0. The summed E-state index contributed by atoms with van der Waals surface area (Å²) in [4.78, 5) is 13.7. The van der Waals surface area contributed by atoms with Crippen LogP contribution in [0, 0.1) is 24.7 Å². The molecular formula is C30H37N3O3. The number of fused-ring (bicyclic) bond motifs is 1. The van der Waals surface area contributed by atoms with Crippen LogP contribution in [0.4, 0.5) is 0 Å². The molecular weight excluding hydrogens is 450 g/mol. The summed E-state index contributed by atoms with van der Waals surface area (Å²) in [5.74, 6) is 5.90. The first-order valence-electron chi connectivity index (χ1n) is 12.9. The van der Waals surface area contributed by atoms with Crippen LogP contribution in [-0.4, -0.2) is 39.3 Å². The number of carboxylic acids is 1. The highest BCUT2D eigenvalue weighted by molar-refractivity contribution is 5.85. The van der Waals surface area contributed by atoms with Gasteiger partial charge in [0.1, 0.15) is 11.9 Å². The minimum absolute atomic E-state index is 0.0137. The van der Waals surface area contributed by atoms with Crippen molar-refractivity contribution < 1.29 is 14.6 Å². The van der Waals surface area contributed by atoms with Crippen molar-refractivity contribution in [1.29, 1.82) is 0 Å². The monoisotopic (exact) mass is 487 g/mol. The minimum Gasteiger partial charge on any atom is -0.486 e. The van der Waals surface area contributed by atoms with Crippen molar-refractivity contribution in [3.8, 4) is 17.6 Å². The van der Waals surface area contributed by atoms with Crippen molar-refractivity contribution in [1.82, 2.24) is 15.1 Å². The average molecular weight is 488 g/mol.